The first-order valence-electron chi connectivity index (χ1n) is 11.3. The number of rotatable bonds is 5. The Hall–Kier alpha value is -3.71. The van der Waals surface area contributed by atoms with Crippen molar-refractivity contribution >= 4 is 29.1 Å². The van der Waals surface area contributed by atoms with Crippen LogP contribution in [0.2, 0.25) is 5.02 Å². The van der Waals surface area contributed by atoms with Gasteiger partial charge >= 0.3 is 0 Å². The lowest BCUT2D eigenvalue weighted by molar-refractivity contribution is -0.119. The van der Waals surface area contributed by atoms with E-state index in [1.807, 2.05) is 30.3 Å². The SMILES string of the molecule is COc1ccc(NC(=O)[C@H]2c3ccccc3C(=O)N3CCc4cc(OC)c(OC)cc4[C@@H]23)cc1Cl. The second-order valence-electron chi connectivity index (χ2n) is 8.50. The molecular weight excluding hydrogens is 468 g/mol. The normalized spacial score (nSPS) is 18.2. The first-order valence-corrected chi connectivity index (χ1v) is 11.6. The molecular formula is C27H25ClN2O5. The summed E-state index contributed by atoms with van der Waals surface area (Å²) in [5, 5.41) is 3.40. The van der Waals surface area contributed by atoms with E-state index in [0.717, 1.165) is 11.1 Å². The largest absolute Gasteiger partial charge is 0.495 e. The summed E-state index contributed by atoms with van der Waals surface area (Å²) in [5.41, 5.74) is 3.69. The number of hydrogen-bond donors (Lipinski definition) is 1. The molecule has 35 heavy (non-hydrogen) atoms. The average molecular weight is 493 g/mol. The van der Waals surface area contributed by atoms with Crippen molar-refractivity contribution in [2.45, 2.75) is 18.4 Å². The zero-order chi connectivity index (χ0) is 24.7. The molecule has 2 aliphatic heterocycles. The van der Waals surface area contributed by atoms with Gasteiger partial charge in [-0.15, -0.1) is 0 Å². The topological polar surface area (TPSA) is 77.1 Å². The summed E-state index contributed by atoms with van der Waals surface area (Å²) in [4.78, 5) is 29.1. The van der Waals surface area contributed by atoms with E-state index in [2.05, 4.69) is 5.32 Å². The maximum atomic E-state index is 13.9. The summed E-state index contributed by atoms with van der Waals surface area (Å²) < 4.78 is 16.3. The average Bonchev–Trinajstić information content (AvgIpc) is 2.88. The van der Waals surface area contributed by atoms with Crippen LogP contribution in [0.3, 0.4) is 0 Å². The molecule has 2 aliphatic rings. The molecule has 180 valence electrons. The number of benzene rings is 3. The van der Waals surface area contributed by atoms with Crippen LogP contribution in [0.25, 0.3) is 0 Å². The van der Waals surface area contributed by atoms with Crippen molar-refractivity contribution in [3.05, 3.63) is 81.9 Å². The predicted octanol–water partition coefficient (Wildman–Crippen LogP) is 4.84. The van der Waals surface area contributed by atoms with E-state index in [-0.39, 0.29) is 11.8 Å². The van der Waals surface area contributed by atoms with Crippen LogP contribution in [0.1, 0.15) is 39.0 Å². The number of carbonyl (C=O) groups excluding carboxylic acids is 2. The Morgan fingerprint density at radius 3 is 2.37 bits per heavy atom. The number of hydrogen-bond acceptors (Lipinski definition) is 5. The minimum absolute atomic E-state index is 0.0809. The molecule has 1 N–H and O–H groups in total. The van der Waals surface area contributed by atoms with Crippen LogP contribution in [-0.4, -0.2) is 44.6 Å². The molecule has 0 radical (unpaired) electrons. The number of amides is 2. The summed E-state index contributed by atoms with van der Waals surface area (Å²) in [7, 11) is 4.70. The molecule has 8 heteroatoms. The van der Waals surface area contributed by atoms with E-state index in [9.17, 15) is 9.59 Å². The lowest BCUT2D eigenvalue weighted by Gasteiger charge is -2.45. The third-order valence-corrected chi connectivity index (χ3v) is 7.02. The molecule has 0 unspecified atom stereocenters. The van der Waals surface area contributed by atoms with E-state index < -0.39 is 12.0 Å². The molecule has 3 aromatic rings. The lowest BCUT2D eigenvalue weighted by Crippen LogP contribution is -2.49. The van der Waals surface area contributed by atoms with Gasteiger partial charge < -0.3 is 24.4 Å². The molecule has 0 saturated heterocycles. The molecule has 0 fully saturated rings. The molecule has 0 aliphatic carbocycles. The Labute approximate surface area is 208 Å². The highest BCUT2D eigenvalue weighted by Gasteiger charge is 2.46. The Kier molecular flexibility index (Phi) is 6.03. The molecule has 0 saturated carbocycles. The zero-order valence-corrected chi connectivity index (χ0v) is 20.4. The summed E-state index contributed by atoms with van der Waals surface area (Å²) in [6.45, 7) is 0.498. The summed E-state index contributed by atoms with van der Waals surface area (Å²) in [5.74, 6) is 0.747. The number of methoxy groups -OCH3 is 3. The molecule has 0 bridgehead atoms. The summed E-state index contributed by atoms with van der Waals surface area (Å²) in [6.07, 6.45) is 0.655. The van der Waals surface area contributed by atoms with Crippen LogP contribution in [0, 0.1) is 0 Å². The van der Waals surface area contributed by atoms with Gasteiger partial charge in [0, 0.05) is 17.8 Å². The van der Waals surface area contributed by atoms with Crippen molar-refractivity contribution in [1.29, 1.82) is 0 Å². The van der Waals surface area contributed by atoms with Crippen molar-refractivity contribution in [3.8, 4) is 17.2 Å². The Balaban J connectivity index is 1.62. The second-order valence-corrected chi connectivity index (χ2v) is 8.91. The first-order chi connectivity index (χ1) is 17.0. The third kappa shape index (κ3) is 3.86. The Morgan fingerprint density at radius 2 is 1.66 bits per heavy atom. The minimum atomic E-state index is -0.637. The monoisotopic (exact) mass is 492 g/mol. The number of halogens is 1. The smallest absolute Gasteiger partial charge is 0.254 e. The molecule has 0 aromatic heterocycles. The predicted molar refractivity (Wildman–Crippen MR) is 133 cm³/mol. The summed E-state index contributed by atoms with van der Waals surface area (Å²) >= 11 is 6.28. The van der Waals surface area contributed by atoms with E-state index >= 15 is 0 Å². The zero-order valence-electron chi connectivity index (χ0n) is 19.6. The van der Waals surface area contributed by atoms with Gasteiger partial charge in [0.1, 0.15) is 5.75 Å². The molecule has 0 spiro atoms. The molecule has 7 nitrogen and oxygen atoms in total. The van der Waals surface area contributed by atoms with Gasteiger partial charge in [-0.1, -0.05) is 29.8 Å². The highest BCUT2D eigenvalue weighted by atomic mass is 35.5. The van der Waals surface area contributed by atoms with Gasteiger partial charge in [-0.05, 0) is 59.5 Å². The van der Waals surface area contributed by atoms with Gasteiger partial charge in [0.15, 0.2) is 11.5 Å². The van der Waals surface area contributed by atoms with E-state index in [4.69, 9.17) is 25.8 Å². The van der Waals surface area contributed by atoms with Crippen LogP contribution >= 0.6 is 11.6 Å². The van der Waals surface area contributed by atoms with Gasteiger partial charge in [-0.3, -0.25) is 9.59 Å². The fraction of sp³-hybridized carbons (Fsp3) is 0.259. The number of nitrogens with zero attached hydrogens (tertiary/aromatic N) is 1. The van der Waals surface area contributed by atoms with Gasteiger partial charge in [0.25, 0.3) is 5.91 Å². The van der Waals surface area contributed by atoms with E-state index in [0.29, 0.717) is 52.1 Å². The lowest BCUT2D eigenvalue weighted by atomic mass is 9.75. The fourth-order valence-corrected chi connectivity index (χ4v) is 5.36. The number of ether oxygens (including phenoxy) is 3. The quantitative estimate of drug-likeness (QED) is 0.551. The van der Waals surface area contributed by atoms with Crippen LogP contribution in [-0.2, 0) is 11.2 Å². The number of anilines is 1. The number of fused-ring (bicyclic) bond motifs is 4. The molecule has 2 heterocycles. The van der Waals surface area contributed by atoms with Gasteiger partial charge in [0.05, 0.1) is 38.3 Å². The molecule has 2 atom stereocenters. The van der Waals surface area contributed by atoms with Crippen molar-refractivity contribution in [3.63, 3.8) is 0 Å². The van der Waals surface area contributed by atoms with Crippen molar-refractivity contribution in [1.82, 2.24) is 4.90 Å². The molecule has 3 aromatic carbocycles. The highest BCUT2D eigenvalue weighted by Crippen LogP contribution is 2.48. The third-order valence-electron chi connectivity index (χ3n) is 6.73. The van der Waals surface area contributed by atoms with Crippen LogP contribution in [0.5, 0.6) is 17.2 Å². The summed E-state index contributed by atoms with van der Waals surface area (Å²) in [6, 6.07) is 15.7. The highest BCUT2D eigenvalue weighted by molar-refractivity contribution is 6.32. The van der Waals surface area contributed by atoms with Gasteiger partial charge in [0.2, 0.25) is 5.91 Å². The first kappa shape index (κ1) is 23.1. The number of nitrogens with one attached hydrogen (secondary N) is 1. The fourth-order valence-electron chi connectivity index (χ4n) is 5.10. The van der Waals surface area contributed by atoms with Gasteiger partial charge in [-0.25, -0.2) is 0 Å². The minimum Gasteiger partial charge on any atom is -0.495 e. The van der Waals surface area contributed by atoms with Crippen LogP contribution < -0.4 is 19.5 Å². The molecule has 5 rings (SSSR count). The van der Waals surface area contributed by atoms with Gasteiger partial charge in [-0.2, -0.15) is 0 Å². The molecule has 2 amide bonds. The maximum absolute atomic E-state index is 13.9. The maximum Gasteiger partial charge on any atom is 0.254 e. The van der Waals surface area contributed by atoms with Crippen molar-refractivity contribution in [2.75, 3.05) is 33.2 Å². The van der Waals surface area contributed by atoms with Crippen LogP contribution in [0.4, 0.5) is 5.69 Å². The van der Waals surface area contributed by atoms with E-state index in [1.165, 1.54) is 7.11 Å². The van der Waals surface area contributed by atoms with E-state index in [1.54, 1.807) is 43.4 Å². The Bertz CT molecular complexity index is 1320. The van der Waals surface area contributed by atoms with Crippen molar-refractivity contribution in [2.24, 2.45) is 0 Å². The van der Waals surface area contributed by atoms with Crippen molar-refractivity contribution < 1.29 is 23.8 Å². The second kappa shape index (κ2) is 9.15. The Morgan fingerprint density at radius 1 is 0.943 bits per heavy atom. The van der Waals surface area contributed by atoms with Crippen LogP contribution in [0.15, 0.2) is 54.6 Å². The standard InChI is InChI=1S/C27H25ClN2O5/c1-33-21-9-8-16(13-20(21)28)29-26(31)24-17-6-4-5-7-18(17)27(32)30-11-10-15-12-22(34-2)23(35-3)14-19(15)25(24)30/h4-9,12-14,24-25H,10-11H2,1-3H3,(H,29,31)/t24-,25-/m0/s1. The number of carbonyl (C=O) groups is 2.